The van der Waals surface area contributed by atoms with Gasteiger partial charge in [0.15, 0.2) is 0 Å². The Balaban J connectivity index is 1.60. The number of carbonyl (C=O) groups excluding carboxylic acids is 3. The second-order valence-electron chi connectivity index (χ2n) is 9.52. The Hall–Kier alpha value is -3.35. The van der Waals surface area contributed by atoms with Crippen molar-refractivity contribution in [3.63, 3.8) is 0 Å². The molecular weight excluding hydrogens is 442 g/mol. The lowest BCUT2D eigenvalue weighted by Crippen LogP contribution is -2.54. The molecule has 1 aliphatic heterocycles. The minimum Gasteiger partial charge on any atom is -0.497 e. The largest absolute Gasteiger partial charge is 0.497 e. The first kappa shape index (κ1) is 26.3. The van der Waals surface area contributed by atoms with Crippen LogP contribution in [0.1, 0.15) is 49.0 Å². The summed E-state index contributed by atoms with van der Waals surface area (Å²) in [5, 5.41) is 5.93. The molecular formula is C28H37N3O4. The summed E-state index contributed by atoms with van der Waals surface area (Å²) in [6, 6.07) is 16.2. The number of hydrogen-bond acceptors (Lipinski definition) is 4. The number of nitrogens with one attached hydrogen (secondary N) is 2. The summed E-state index contributed by atoms with van der Waals surface area (Å²) in [5.74, 6) is 0.601. The molecule has 0 spiro atoms. The van der Waals surface area contributed by atoms with E-state index >= 15 is 0 Å². The summed E-state index contributed by atoms with van der Waals surface area (Å²) in [5.41, 5.74) is 1.62. The predicted octanol–water partition coefficient (Wildman–Crippen LogP) is 3.44. The molecule has 2 aromatic carbocycles. The van der Waals surface area contributed by atoms with Crippen LogP contribution < -0.4 is 15.4 Å². The van der Waals surface area contributed by atoms with Crippen molar-refractivity contribution in [2.24, 2.45) is 11.8 Å². The van der Waals surface area contributed by atoms with Crippen LogP contribution in [-0.4, -0.2) is 55.4 Å². The van der Waals surface area contributed by atoms with Gasteiger partial charge in [-0.2, -0.15) is 0 Å². The van der Waals surface area contributed by atoms with E-state index in [-0.39, 0.29) is 23.6 Å². The Morgan fingerprint density at radius 3 is 2.26 bits per heavy atom. The first-order valence-electron chi connectivity index (χ1n) is 12.4. The van der Waals surface area contributed by atoms with Gasteiger partial charge in [-0.15, -0.1) is 0 Å². The number of methoxy groups -OCH3 is 1. The van der Waals surface area contributed by atoms with Crippen LogP contribution in [0, 0.1) is 11.8 Å². The molecule has 0 aromatic heterocycles. The van der Waals surface area contributed by atoms with Crippen molar-refractivity contribution in [3.05, 3.63) is 65.7 Å². The molecule has 0 aliphatic carbocycles. The molecule has 1 heterocycles. The molecule has 3 rings (SSSR count). The van der Waals surface area contributed by atoms with Crippen LogP contribution >= 0.6 is 0 Å². The van der Waals surface area contributed by atoms with Gasteiger partial charge in [0.05, 0.1) is 7.11 Å². The molecule has 2 aromatic rings. The second kappa shape index (κ2) is 12.9. The summed E-state index contributed by atoms with van der Waals surface area (Å²) < 4.78 is 5.16. The lowest BCUT2D eigenvalue weighted by atomic mass is 9.88. The van der Waals surface area contributed by atoms with Crippen molar-refractivity contribution in [2.75, 3.05) is 26.7 Å². The molecule has 1 unspecified atom stereocenters. The number of rotatable bonds is 10. The highest BCUT2D eigenvalue weighted by Crippen LogP contribution is 2.23. The van der Waals surface area contributed by atoms with Crippen LogP contribution in [0.25, 0.3) is 0 Å². The highest BCUT2D eigenvalue weighted by molar-refractivity contribution is 5.97. The number of hydrogen-bond donors (Lipinski definition) is 2. The summed E-state index contributed by atoms with van der Waals surface area (Å²) in [6.07, 6.45) is 2.53. The van der Waals surface area contributed by atoms with Gasteiger partial charge in [0.25, 0.3) is 5.91 Å². The monoisotopic (exact) mass is 479 g/mol. The maximum atomic E-state index is 13.1. The Bertz CT molecular complexity index is 967. The molecule has 188 valence electrons. The van der Waals surface area contributed by atoms with Gasteiger partial charge in [0, 0.05) is 31.6 Å². The van der Waals surface area contributed by atoms with Crippen LogP contribution in [-0.2, 0) is 16.0 Å². The third-order valence-corrected chi connectivity index (χ3v) is 6.44. The van der Waals surface area contributed by atoms with Crippen molar-refractivity contribution < 1.29 is 19.1 Å². The lowest BCUT2D eigenvalue weighted by molar-refractivity contribution is -0.133. The van der Waals surface area contributed by atoms with E-state index in [4.69, 9.17) is 4.74 Å². The smallest absolute Gasteiger partial charge is 0.251 e. The molecule has 1 aliphatic rings. The highest BCUT2D eigenvalue weighted by Gasteiger charge is 2.34. The number of amides is 3. The van der Waals surface area contributed by atoms with Gasteiger partial charge in [-0.05, 0) is 60.9 Å². The number of benzene rings is 2. The topological polar surface area (TPSA) is 87.7 Å². The Kier molecular flexibility index (Phi) is 9.70. The average molecular weight is 480 g/mol. The van der Waals surface area contributed by atoms with Crippen LogP contribution in [0.4, 0.5) is 0 Å². The lowest BCUT2D eigenvalue weighted by Gasteiger charge is -2.36. The Labute approximate surface area is 208 Å². The van der Waals surface area contributed by atoms with Crippen molar-refractivity contribution in [1.82, 2.24) is 15.5 Å². The molecule has 7 heteroatoms. The highest BCUT2D eigenvalue weighted by atomic mass is 16.5. The molecule has 0 saturated carbocycles. The van der Waals surface area contributed by atoms with E-state index < -0.39 is 6.04 Å². The first-order chi connectivity index (χ1) is 16.9. The SMILES string of the molecule is COc1ccc(C(=O)NC(C(=O)NCC(C)C)C2CCN(C(=O)CCc3ccccc3)CC2)cc1. The van der Waals surface area contributed by atoms with Crippen molar-refractivity contribution >= 4 is 17.7 Å². The van der Waals surface area contributed by atoms with E-state index in [0.29, 0.717) is 56.1 Å². The van der Waals surface area contributed by atoms with Crippen molar-refractivity contribution in [1.29, 1.82) is 0 Å². The molecule has 1 fully saturated rings. The van der Waals surface area contributed by atoms with E-state index in [1.54, 1.807) is 31.4 Å². The fourth-order valence-corrected chi connectivity index (χ4v) is 4.32. The van der Waals surface area contributed by atoms with Gasteiger partial charge >= 0.3 is 0 Å². The van der Waals surface area contributed by atoms with Gasteiger partial charge in [0.2, 0.25) is 11.8 Å². The molecule has 7 nitrogen and oxygen atoms in total. The van der Waals surface area contributed by atoms with Crippen LogP contribution in [0.3, 0.4) is 0 Å². The molecule has 1 atom stereocenters. The first-order valence-corrected chi connectivity index (χ1v) is 12.4. The van der Waals surface area contributed by atoms with Gasteiger partial charge < -0.3 is 20.3 Å². The van der Waals surface area contributed by atoms with Gasteiger partial charge in [-0.25, -0.2) is 0 Å². The third kappa shape index (κ3) is 7.84. The van der Waals surface area contributed by atoms with Gasteiger partial charge in [-0.1, -0.05) is 44.2 Å². The number of piperidine rings is 1. The maximum Gasteiger partial charge on any atom is 0.251 e. The summed E-state index contributed by atoms with van der Waals surface area (Å²) in [6.45, 7) is 5.79. The predicted molar refractivity (Wildman–Crippen MR) is 136 cm³/mol. The third-order valence-electron chi connectivity index (χ3n) is 6.44. The van der Waals surface area contributed by atoms with E-state index in [9.17, 15) is 14.4 Å². The molecule has 0 bridgehead atoms. The zero-order valence-corrected chi connectivity index (χ0v) is 21.0. The maximum absolute atomic E-state index is 13.1. The molecule has 2 N–H and O–H groups in total. The number of likely N-dealkylation sites (tertiary alicyclic amines) is 1. The van der Waals surface area contributed by atoms with Crippen molar-refractivity contribution in [3.8, 4) is 5.75 Å². The zero-order chi connectivity index (χ0) is 25.2. The van der Waals surface area contributed by atoms with E-state index in [1.165, 1.54) is 0 Å². The van der Waals surface area contributed by atoms with Gasteiger partial charge in [-0.3, -0.25) is 14.4 Å². The normalized spacial score (nSPS) is 14.9. The van der Waals surface area contributed by atoms with Crippen LogP contribution in [0.5, 0.6) is 5.75 Å². The van der Waals surface area contributed by atoms with E-state index in [0.717, 1.165) is 12.0 Å². The fraction of sp³-hybridized carbons (Fsp3) is 0.464. The summed E-state index contributed by atoms with van der Waals surface area (Å²) in [4.78, 5) is 40.6. The minimum atomic E-state index is -0.648. The Morgan fingerprint density at radius 1 is 1.00 bits per heavy atom. The van der Waals surface area contributed by atoms with Crippen molar-refractivity contribution in [2.45, 2.75) is 45.6 Å². The number of nitrogens with zero attached hydrogens (tertiary/aromatic N) is 1. The van der Waals surface area contributed by atoms with E-state index in [2.05, 4.69) is 10.6 Å². The standard InChI is InChI=1S/C28H37N3O4/c1-20(2)19-29-28(34)26(30-27(33)23-10-12-24(35-3)13-11-23)22-15-17-31(18-16-22)25(32)14-9-21-7-5-4-6-8-21/h4-8,10-13,20,22,26H,9,14-19H2,1-3H3,(H,29,34)(H,30,33). The average Bonchev–Trinajstić information content (AvgIpc) is 2.89. The molecule has 35 heavy (non-hydrogen) atoms. The fourth-order valence-electron chi connectivity index (χ4n) is 4.32. The molecule has 3 amide bonds. The Morgan fingerprint density at radius 2 is 1.66 bits per heavy atom. The number of aryl methyl sites for hydroxylation is 1. The molecule has 1 saturated heterocycles. The number of ether oxygens (including phenoxy) is 1. The van der Waals surface area contributed by atoms with Gasteiger partial charge in [0.1, 0.15) is 11.8 Å². The summed E-state index contributed by atoms with van der Waals surface area (Å²) >= 11 is 0. The zero-order valence-electron chi connectivity index (χ0n) is 21.0. The van der Waals surface area contributed by atoms with E-state index in [1.807, 2.05) is 49.1 Å². The van der Waals surface area contributed by atoms with Crippen LogP contribution in [0.2, 0.25) is 0 Å². The second-order valence-corrected chi connectivity index (χ2v) is 9.52. The quantitative estimate of drug-likeness (QED) is 0.547. The summed E-state index contributed by atoms with van der Waals surface area (Å²) in [7, 11) is 1.57. The minimum absolute atomic E-state index is 0.0393. The number of carbonyl (C=O) groups is 3. The molecule has 0 radical (unpaired) electrons. The van der Waals surface area contributed by atoms with Crippen LogP contribution in [0.15, 0.2) is 54.6 Å².